The van der Waals surface area contributed by atoms with Gasteiger partial charge in [-0.1, -0.05) is 0 Å². The second-order valence-corrected chi connectivity index (χ2v) is 19.9. The molecule has 0 saturated heterocycles. The van der Waals surface area contributed by atoms with Gasteiger partial charge in [0.05, 0.1) is 0 Å². The van der Waals surface area contributed by atoms with E-state index in [1.54, 1.807) is 17.7 Å². The Morgan fingerprint density at radius 3 is 1.21 bits per heavy atom. The first-order chi connectivity index (χ1) is 8.24. The van der Waals surface area contributed by atoms with Crippen LogP contribution in [0.2, 0.25) is 17.7 Å². The molecular weight excluding hydrogens is 325 g/mol. The van der Waals surface area contributed by atoms with Crippen molar-refractivity contribution in [1.82, 2.24) is 0 Å². The van der Waals surface area contributed by atoms with Crippen LogP contribution in [-0.2, 0) is 0 Å². The molecule has 0 amide bonds. The Morgan fingerprint density at radius 1 is 0.632 bits per heavy atom. The molecule has 19 heavy (non-hydrogen) atoms. The molecule has 0 rings (SSSR count). The zero-order valence-corrected chi connectivity index (χ0v) is 17.3. The first kappa shape index (κ1) is 25.9. The molecule has 0 aliphatic carbocycles. The molecule has 0 aliphatic rings. The number of hydrogen-bond donors (Lipinski definition) is 0. The third kappa shape index (κ3) is 13.4. The van der Waals surface area contributed by atoms with Gasteiger partial charge in [0.2, 0.25) is 0 Å². The molecule has 0 bridgehead atoms. The monoisotopic (exact) mass is 360 g/mol. The van der Waals surface area contributed by atoms with Crippen molar-refractivity contribution in [2.45, 2.75) is 83.0 Å². The Labute approximate surface area is 151 Å². The summed E-state index contributed by atoms with van der Waals surface area (Å²) in [6.07, 6.45) is 10.9. The first-order valence-electron chi connectivity index (χ1n) is 7.83. The van der Waals surface area contributed by atoms with Crippen LogP contribution >= 0.6 is 0 Å². The smallest absolute Gasteiger partial charge is 1.00 e. The zero-order valence-electron chi connectivity index (χ0n) is 14.4. The average Bonchev–Trinajstić information content (AvgIpc) is 2.37. The summed E-state index contributed by atoms with van der Waals surface area (Å²) in [6.45, 7) is 12.8. The third-order valence-corrected chi connectivity index (χ3v) is 20.2. The van der Waals surface area contributed by atoms with E-state index in [2.05, 4.69) is 27.7 Å². The molecule has 0 aromatic rings. The Bertz CT molecular complexity index is 125. The van der Waals surface area contributed by atoms with Gasteiger partial charge < -0.3 is 0 Å². The van der Waals surface area contributed by atoms with Crippen molar-refractivity contribution in [2.24, 2.45) is 0 Å². The Kier molecular flexibility index (Phi) is 24.6. The summed E-state index contributed by atoms with van der Waals surface area (Å²) in [4.78, 5) is 0. The predicted octanol–water partition coefficient (Wildman–Crippen LogP) is 0.272. The first-order valence-corrected chi connectivity index (χ1v) is 15.9. The standard InChI is InChI=1S/2C4H9.2C4H8.2Li.Sn/c4*1-3-4-2;;;/h2*1,3-4H2,2H3;2*1-4H2;;;/q;;2*-1;2*+1;. The van der Waals surface area contributed by atoms with E-state index < -0.39 is 18.4 Å². The fraction of sp³-hybridized carbons (Fsp3) is 0.875. The van der Waals surface area contributed by atoms with Crippen molar-refractivity contribution in [1.29, 1.82) is 0 Å². The van der Waals surface area contributed by atoms with Crippen LogP contribution in [0.5, 0.6) is 0 Å². The minimum atomic E-state index is -1.77. The maximum Gasteiger partial charge on any atom is 1.00 e. The molecule has 0 unspecified atom stereocenters. The van der Waals surface area contributed by atoms with E-state index >= 15 is 0 Å². The van der Waals surface area contributed by atoms with Crippen LogP contribution in [0.15, 0.2) is 0 Å². The molecule has 104 valence electrons. The van der Waals surface area contributed by atoms with Crippen molar-refractivity contribution >= 4 is 18.4 Å². The van der Waals surface area contributed by atoms with Gasteiger partial charge in [-0.2, -0.15) is 0 Å². The second-order valence-electron chi connectivity index (χ2n) is 5.62. The van der Waals surface area contributed by atoms with Gasteiger partial charge in [-0.25, -0.2) is 0 Å². The Morgan fingerprint density at radius 2 is 0.947 bits per heavy atom. The van der Waals surface area contributed by atoms with Crippen LogP contribution in [-0.4, -0.2) is 18.4 Å². The van der Waals surface area contributed by atoms with E-state index in [0.717, 1.165) is 12.8 Å². The fourth-order valence-corrected chi connectivity index (χ4v) is 19.1. The molecule has 0 spiro atoms. The summed E-state index contributed by atoms with van der Waals surface area (Å²) in [6, 6.07) is 0. The summed E-state index contributed by atoms with van der Waals surface area (Å²) in [5.41, 5.74) is 0. The molecule has 0 aliphatic heterocycles. The summed E-state index contributed by atoms with van der Waals surface area (Å²) in [7, 11) is 0. The molecule has 0 saturated carbocycles. The van der Waals surface area contributed by atoms with Crippen LogP contribution in [0.3, 0.4) is 0 Å². The molecule has 0 nitrogen and oxygen atoms in total. The van der Waals surface area contributed by atoms with Crippen molar-refractivity contribution in [3.8, 4) is 0 Å². The van der Waals surface area contributed by atoms with Crippen LogP contribution in [0.4, 0.5) is 0 Å². The molecule has 0 heterocycles. The van der Waals surface area contributed by atoms with Gasteiger partial charge in [-0.05, 0) is 0 Å². The van der Waals surface area contributed by atoms with Crippen LogP contribution in [0, 0.1) is 13.8 Å². The summed E-state index contributed by atoms with van der Waals surface area (Å²) in [5, 5.41) is 0. The molecule has 0 atom stereocenters. The SMILES string of the molecule is [CH2-]CC[CH2][Sn]([CH2]CC[CH2-])([CH2]CCC)[CH2]CCC.[Li+].[Li+]. The van der Waals surface area contributed by atoms with Gasteiger partial charge in [0.15, 0.2) is 0 Å². The van der Waals surface area contributed by atoms with Gasteiger partial charge in [-0.15, -0.1) is 0 Å². The minimum absolute atomic E-state index is 0. The fourth-order valence-electron chi connectivity index (χ4n) is 2.85. The quantitative estimate of drug-likeness (QED) is 0.347. The normalized spacial score (nSPS) is 10.7. The number of rotatable bonds is 12. The molecule has 0 N–H and O–H groups in total. The van der Waals surface area contributed by atoms with Gasteiger partial charge in [0.1, 0.15) is 0 Å². The summed E-state index contributed by atoms with van der Waals surface area (Å²) >= 11 is -1.77. The average molecular weight is 359 g/mol. The van der Waals surface area contributed by atoms with E-state index in [1.165, 1.54) is 38.5 Å². The predicted molar refractivity (Wildman–Crippen MR) is 84.0 cm³/mol. The van der Waals surface area contributed by atoms with Crippen molar-refractivity contribution in [2.75, 3.05) is 0 Å². The van der Waals surface area contributed by atoms with Gasteiger partial charge in [0.25, 0.3) is 0 Å². The van der Waals surface area contributed by atoms with Crippen molar-refractivity contribution in [3.05, 3.63) is 13.8 Å². The summed E-state index contributed by atoms with van der Waals surface area (Å²) < 4.78 is 6.51. The topological polar surface area (TPSA) is 0 Å². The Hall–Kier alpha value is 1.99. The zero-order chi connectivity index (χ0) is 13.0. The maximum absolute atomic E-state index is 4.05. The molecule has 0 aromatic carbocycles. The van der Waals surface area contributed by atoms with Gasteiger partial charge in [-0.3, -0.25) is 0 Å². The maximum atomic E-state index is 4.05. The molecule has 0 aromatic heterocycles. The third-order valence-electron chi connectivity index (χ3n) is 4.04. The van der Waals surface area contributed by atoms with Crippen molar-refractivity contribution < 1.29 is 37.7 Å². The van der Waals surface area contributed by atoms with Gasteiger partial charge >= 0.3 is 153 Å². The van der Waals surface area contributed by atoms with E-state index in [0.29, 0.717) is 0 Å². The number of hydrogen-bond acceptors (Lipinski definition) is 0. The van der Waals surface area contributed by atoms with E-state index in [1.807, 2.05) is 0 Å². The number of unbranched alkanes of at least 4 members (excludes halogenated alkanes) is 4. The van der Waals surface area contributed by atoms with Crippen LogP contribution in [0.25, 0.3) is 0 Å². The largest absolute Gasteiger partial charge is 1.00 e. The van der Waals surface area contributed by atoms with Crippen LogP contribution in [0.1, 0.15) is 65.2 Å². The molecular formula is C16H34Li2Sn. The summed E-state index contributed by atoms with van der Waals surface area (Å²) in [5.74, 6) is 0. The van der Waals surface area contributed by atoms with Crippen LogP contribution < -0.4 is 37.7 Å². The van der Waals surface area contributed by atoms with E-state index in [9.17, 15) is 0 Å². The van der Waals surface area contributed by atoms with Gasteiger partial charge in [0, 0.05) is 0 Å². The molecule has 0 fully saturated rings. The molecule has 3 heteroatoms. The molecule has 0 radical (unpaired) electrons. The minimum Gasteiger partial charge on any atom is 1.00 e. The Balaban J connectivity index is -0.00000128. The van der Waals surface area contributed by atoms with E-state index in [-0.39, 0.29) is 37.7 Å². The van der Waals surface area contributed by atoms with Crippen molar-refractivity contribution in [3.63, 3.8) is 0 Å². The van der Waals surface area contributed by atoms with E-state index in [4.69, 9.17) is 0 Å². The second kappa shape index (κ2) is 18.0.